The molecule has 2 rings (SSSR count). The number of aliphatic carboxylic acids is 1. The van der Waals surface area contributed by atoms with Crippen LogP contribution in [0.5, 0.6) is 0 Å². The van der Waals surface area contributed by atoms with Crippen LogP contribution in [0.2, 0.25) is 0 Å². The van der Waals surface area contributed by atoms with Gasteiger partial charge in [0.1, 0.15) is 0 Å². The Bertz CT molecular complexity index is 490. The summed E-state index contributed by atoms with van der Waals surface area (Å²) in [4.78, 5) is 23.4. The minimum atomic E-state index is -1.06. The maximum atomic E-state index is 12.0. The molecule has 1 aromatic carbocycles. The van der Waals surface area contributed by atoms with E-state index in [1.54, 1.807) is 24.3 Å². The number of hydrogen-bond acceptors (Lipinski definition) is 2. The van der Waals surface area contributed by atoms with Gasteiger partial charge in [-0.3, -0.25) is 0 Å². The molecule has 5 nitrogen and oxygen atoms in total. The molecule has 3 atom stereocenters. The lowest BCUT2D eigenvalue weighted by Crippen LogP contribution is -2.46. The molecule has 0 radical (unpaired) electrons. The number of carboxylic acids is 1. The fourth-order valence-corrected chi connectivity index (χ4v) is 2.86. The molecule has 21 heavy (non-hydrogen) atoms. The minimum absolute atomic E-state index is 0.138. The van der Waals surface area contributed by atoms with Gasteiger partial charge in [0.05, 0.1) is 0 Å². The van der Waals surface area contributed by atoms with E-state index < -0.39 is 18.0 Å². The molecule has 1 aromatic rings. The first-order valence-electron chi connectivity index (χ1n) is 7.41. The zero-order valence-corrected chi connectivity index (χ0v) is 12.2. The van der Waals surface area contributed by atoms with Crippen LogP contribution in [0, 0.1) is 5.92 Å². The van der Waals surface area contributed by atoms with E-state index in [4.69, 9.17) is 0 Å². The van der Waals surface area contributed by atoms with Crippen molar-refractivity contribution in [1.82, 2.24) is 10.6 Å². The predicted octanol–water partition coefficient (Wildman–Crippen LogP) is 2.69. The van der Waals surface area contributed by atoms with E-state index >= 15 is 0 Å². The molecule has 2 unspecified atom stereocenters. The Morgan fingerprint density at radius 2 is 1.95 bits per heavy atom. The molecule has 1 aliphatic rings. The molecule has 114 valence electrons. The minimum Gasteiger partial charge on any atom is -0.479 e. The van der Waals surface area contributed by atoms with Gasteiger partial charge in [0.2, 0.25) is 0 Å². The van der Waals surface area contributed by atoms with Crippen LogP contribution >= 0.6 is 0 Å². The van der Waals surface area contributed by atoms with Crippen molar-refractivity contribution < 1.29 is 14.7 Å². The van der Waals surface area contributed by atoms with Crippen LogP contribution in [0.3, 0.4) is 0 Å². The molecule has 3 N–H and O–H groups in total. The third kappa shape index (κ3) is 4.48. The van der Waals surface area contributed by atoms with Crippen molar-refractivity contribution in [3.05, 3.63) is 35.9 Å². The van der Waals surface area contributed by atoms with Crippen LogP contribution in [-0.2, 0) is 4.79 Å². The Hall–Kier alpha value is -2.04. The number of carbonyl (C=O) groups excluding carboxylic acids is 1. The molecular weight excluding hydrogens is 268 g/mol. The van der Waals surface area contributed by atoms with Gasteiger partial charge in [0.25, 0.3) is 0 Å². The van der Waals surface area contributed by atoms with Crippen LogP contribution in [0.25, 0.3) is 0 Å². The summed E-state index contributed by atoms with van der Waals surface area (Å²) in [6.07, 6.45) is 4.21. The summed E-state index contributed by atoms with van der Waals surface area (Å²) in [5.41, 5.74) is 0.567. The molecule has 5 heteroatoms. The Labute approximate surface area is 124 Å². The second-order valence-corrected chi connectivity index (χ2v) is 5.77. The van der Waals surface area contributed by atoms with Crippen molar-refractivity contribution in [3.63, 3.8) is 0 Å². The largest absolute Gasteiger partial charge is 0.479 e. The van der Waals surface area contributed by atoms with E-state index in [1.807, 2.05) is 6.07 Å². The zero-order chi connectivity index (χ0) is 15.2. The topological polar surface area (TPSA) is 78.4 Å². The van der Waals surface area contributed by atoms with Gasteiger partial charge in [0.15, 0.2) is 6.04 Å². The second kappa shape index (κ2) is 7.11. The van der Waals surface area contributed by atoms with Crippen LogP contribution in [0.15, 0.2) is 30.3 Å². The number of nitrogens with one attached hydrogen (secondary N) is 2. The molecule has 0 bridgehead atoms. The SMILES string of the molecule is CC1CCCC(NC(=O)N[C@@H](C(=O)O)c2ccccc2)C1. The highest BCUT2D eigenvalue weighted by Crippen LogP contribution is 2.23. The molecule has 2 amide bonds. The standard InChI is InChI=1S/C16H22N2O3/c1-11-6-5-9-13(10-11)17-16(21)18-14(15(19)20)12-7-3-2-4-8-12/h2-4,7-8,11,13-14H,5-6,9-10H2,1H3,(H,19,20)(H2,17,18,21)/t11?,13?,14-/m1/s1. The van der Waals surface area contributed by atoms with Gasteiger partial charge in [-0.05, 0) is 24.3 Å². The monoisotopic (exact) mass is 290 g/mol. The van der Waals surface area contributed by atoms with Crippen LogP contribution in [0.4, 0.5) is 4.79 Å². The first-order chi connectivity index (χ1) is 10.1. The Balaban J connectivity index is 1.94. The summed E-state index contributed by atoms with van der Waals surface area (Å²) in [6, 6.07) is 7.42. The van der Waals surface area contributed by atoms with Gasteiger partial charge in [-0.1, -0.05) is 50.1 Å². The van der Waals surface area contributed by atoms with Gasteiger partial charge in [0, 0.05) is 6.04 Å². The van der Waals surface area contributed by atoms with Crippen molar-refractivity contribution in [2.45, 2.75) is 44.7 Å². The van der Waals surface area contributed by atoms with Gasteiger partial charge in [-0.15, -0.1) is 0 Å². The smallest absolute Gasteiger partial charge is 0.330 e. The number of urea groups is 1. The molecule has 0 heterocycles. The summed E-state index contributed by atoms with van der Waals surface area (Å²) in [7, 11) is 0. The lowest BCUT2D eigenvalue weighted by Gasteiger charge is -2.28. The summed E-state index contributed by atoms with van der Waals surface area (Å²) < 4.78 is 0. The average molecular weight is 290 g/mol. The van der Waals surface area contributed by atoms with Gasteiger partial charge in [-0.25, -0.2) is 9.59 Å². The highest BCUT2D eigenvalue weighted by molar-refractivity contribution is 5.83. The number of rotatable bonds is 4. The second-order valence-electron chi connectivity index (χ2n) is 5.77. The number of carboxylic acid groups (broad SMARTS) is 1. The number of carbonyl (C=O) groups is 2. The summed E-state index contributed by atoms with van der Waals surface area (Å²) >= 11 is 0. The van der Waals surface area contributed by atoms with E-state index in [1.165, 1.54) is 6.42 Å². The van der Waals surface area contributed by atoms with E-state index in [0.29, 0.717) is 11.5 Å². The number of amides is 2. The quantitative estimate of drug-likeness (QED) is 0.797. The average Bonchev–Trinajstić information content (AvgIpc) is 2.45. The zero-order valence-electron chi connectivity index (χ0n) is 12.2. The van der Waals surface area contributed by atoms with Crippen molar-refractivity contribution in [2.24, 2.45) is 5.92 Å². The van der Waals surface area contributed by atoms with E-state index in [2.05, 4.69) is 17.6 Å². The molecule has 0 spiro atoms. The molecule has 0 saturated heterocycles. The Morgan fingerprint density at radius 1 is 1.24 bits per heavy atom. The lowest BCUT2D eigenvalue weighted by atomic mass is 9.87. The molecular formula is C16H22N2O3. The summed E-state index contributed by atoms with van der Waals surface area (Å²) in [5, 5.41) is 14.7. The fraction of sp³-hybridized carbons (Fsp3) is 0.500. The van der Waals surface area contributed by atoms with Crippen molar-refractivity contribution >= 4 is 12.0 Å². The van der Waals surface area contributed by atoms with Crippen LogP contribution in [0.1, 0.15) is 44.2 Å². The lowest BCUT2D eigenvalue weighted by molar-refractivity contribution is -0.139. The fourth-order valence-electron chi connectivity index (χ4n) is 2.86. The normalized spacial score (nSPS) is 23.1. The third-order valence-corrected chi connectivity index (χ3v) is 3.93. The number of benzene rings is 1. The Kier molecular flexibility index (Phi) is 5.20. The Morgan fingerprint density at radius 3 is 2.57 bits per heavy atom. The van der Waals surface area contributed by atoms with Crippen molar-refractivity contribution in [3.8, 4) is 0 Å². The first kappa shape index (κ1) is 15.4. The van der Waals surface area contributed by atoms with Gasteiger partial charge < -0.3 is 15.7 Å². The highest BCUT2D eigenvalue weighted by atomic mass is 16.4. The first-order valence-corrected chi connectivity index (χ1v) is 7.41. The van der Waals surface area contributed by atoms with Crippen molar-refractivity contribution in [1.29, 1.82) is 0 Å². The van der Waals surface area contributed by atoms with Crippen LogP contribution < -0.4 is 10.6 Å². The third-order valence-electron chi connectivity index (χ3n) is 3.93. The van der Waals surface area contributed by atoms with Crippen LogP contribution in [-0.4, -0.2) is 23.1 Å². The molecule has 1 fully saturated rings. The maximum Gasteiger partial charge on any atom is 0.330 e. The van der Waals surface area contributed by atoms with Gasteiger partial charge >= 0.3 is 12.0 Å². The highest BCUT2D eigenvalue weighted by Gasteiger charge is 2.24. The van der Waals surface area contributed by atoms with E-state index in [0.717, 1.165) is 19.3 Å². The van der Waals surface area contributed by atoms with E-state index in [-0.39, 0.29) is 6.04 Å². The number of hydrogen-bond donors (Lipinski definition) is 3. The van der Waals surface area contributed by atoms with Gasteiger partial charge in [-0.2, -0.15) is 0 Å². The maximum absolute atomic E-state index is 12.0. The molecule has 0 aliphatic heterocycles. The van der Waals surface area contributed by atoms with E-state index in [9.17, 15) is 14.7 Å². The molecule has 1 saturated carbocycles. The predicted molar refractivity (Wildman–Crippen MR) is 79.9 cm³/mol. The molecule has 0 aromatic heterocycles. The summed E-state index contributed by atoms with van der Waals surface area (Å²) in [5.74, 6) is -0.457. The molecule has 1 aliphatic carbocycles. The van der Waals surface area contributed by atoms with Crippen molar-refractivity contribution in [2.75, 3.05) is 0 Å². The summed E-state index contributed by atoms with van der Waals surface area (Å²) in [6.45, 7) is 2.18.